The molecule has 0 saturated heterocycles. The predicted molar refractivity (Wildman–Crippen MR) is 115 cm³/mol. The Hall–Kier alpha value is -3.37. The Morgan fingerprint density at radius 3 is 2.14 bits per heavy atom. The Labute approximate surface area is 168 Å². The zero-order valence-corrected chi connectivity index (χ0v) is 15.7. The first-order chi connectivity index (χ1) is 13.8. The van der Waals surface area contributed by atoms with Gasteiger partial charge in [-0.3, -0.25) is 4.90 Å². The van der Waals surface area contributed by atoms with Gasteiger partial charge in [0.1, 0.15) is 0 Å². The van der Waals surface area contributed by atoms with Crippen molar-refractivity contribution in [3.05, 3.63) is 113 Å². The molecule has 4 nitrogen and oxygen atoms in total. The molecule has 1 unspecified atom stereocenters. The van der Waals surface area contributed by atoms with Gasteiger partial charge in [0.15, 0.2) is 5.84 Å². The van der Waals surface area contributed by atoms with Gasteiger partial charge in [0.25, 0.3) is 0 Å². The van der Waals surface area contributed by atoms with Gasteiger partial charge < -0.3 is 0 Å². The fraction of sp³-hybridized carbons (Fsp3) is 0.0435. The van der Waals surface area contributed by atoms with Gasteiger partial charge >= 0.3 is 0 Å². The standard InChI is InChI=1S/C23H17ClN4/c24-19-13-11-18(12-14-19)22-26-28(20-9-5-2-6-10-20)23-25-21(15-16-27(22)23)17-7-3-1-4-8-17/h1-16,23H. The predicted octanol–water partition coefficient (Wildman–Crippen LogP) is 5.12. The maximum absolute atomic E-state index is 6.07. The van der Waals surface area contributed by atoms with Crippen molar-refractivity contribution in [3.63, 3.8) is 0 Å². The normalized spacial score (nSPS) is 18.0. The van der Waals surface area contributed by atoms with Crippen LogP contribution in [0.3, 0.4) is 0 Å². The summed E-state index contributed by atoms with van der Waals surface area (Å²) in [5.74, 6) is 0.845. The molecule has 0 amide bonds. The van der Waals surface area contributed by atoms with Crippen LogP contribution in [-0.2, 0) is 0 Å². The first-order valence-corrected chi connectivity index (χ1v) is 9.46. The first kappa shape index (κ1) is 16.8. The van der Waals surface area contributed by atoms with E-state index in [-0.39, 0.29) is 6.29 Å². The lowest BCUT2D eigenvalue weighted by molar-refractivity contribution is 0.430. The lowest BCUT2D eigenvalue weighted by Crippen LogP contribution is -2.40. The molecule has 28 heavy (non-hydrogen) atoms. The Balaban J connectivity index is 1.58. The molecule has 0 bridgehead atoms. The minimum absolute atomic E-state index is 0.270. The summed E-state index contributed by atoms with van der Waals surface area (Å²) >= 11 is 6.07. The average molecular weight is 385 g/mol. The molecule has 1 atom stereocenters. The highest BCUT2D eigenvalue weighted by Crippen LogP contribution is 2.31. The SMILES string of the molecule is Clc1ccc(C2=NN(c3ccccc3)C3N=C(c4ccccc4)C=CN23)cc1. The highest BCUT2D eigenvalue weighted by atomic mass is 35.5. The number of rotatable bonds is 3. The second-order valence-electron chi connectivity index (χ2n) is 6.56. The summed E-state index contributed by atoms with van der Waals surface area (Å²) in [6, 6.07) is 28.0. The van der Waals surface area contributed by atoms with Crippen LogP contribution in [0.15, 0.2) is 107 Å². The van der Waals surface area contributed by atoms with Gasteiger partial charge in [-0.05, 0) is 48.0 Å². The summed E-state index contributed by atoms with van der Waals surface area (Å²) < 4.78 is 0. The smallest absolute Gasteiger partial charge is 0.224 e. The van der Waals surface area contributed by atoms with E-state index in [0.717, 1.165) is 28.4 Å². The molecule has 2 heterocycles. The number of amidine groups is 1. The number of anilines is 1. The summed E-state index contributed by atoms with van der Waals surface area (Å²) in [4.78, 5) is 7.09. The third kappa shape index (κ3) is 2.98. The summed E-state index contributed by atoms with van der Waals surface area (Å²) in [7, 11) is 0. The number of hydrogen-bond donors (Lipinski definition) is 0. The number of hydrogen-bond acceptors (Lipinski definition) is 4. The monoisotopic (exact) mass is 384 g/mol. The largest absolute Gasteiger partial charge is 0.289 e. The molecule has 136 valence electrons. The Bertz CT molecular complexity index is 1070. The number of halogens is 1. The van der Waals surface area contributed by atoms with Crippen LogP contribution in [0.4, 0.5) is 5.69 Å². The third-order valence-electron chi connectivity index (χ3n) is 4.75. The van der Waals surface area contributed by atoms with Gasteiger partial charge in [0, 0.05) is 16.8 Å². The van der Waals surface area contributed by atoms with E-state index in [0.29, 0.717) is 5.02 Å². The number of benzene rings is 3. The Morgan fingerprint density at radius 1 is 0.750 bits per heavy atom. The van der Waals surface area contributed by atoms with Crippen LogP contribution in [0.5, 0.6) is 0 Å². The third-order valence-corrected chi connectivity index (χ3v) is 5.01. The molecule has 0 spiro atoms. The second kappa shape index (κ2) is 6.98. The lowest BCUT2D eigenvalue weighted by Gasteiger charge is -2.29. The van der Waals surface area contributed by atoms with Crippen LogP contribution in [0.1, 0.15) is 11.1 Å². The van der Waals surface area contributed by atoms with Gasteiger partial charge in [0.05, 0.1) is 11.4 Å². The van der Waals surface area contributed by atoms with Gasteiger partial charge in [-0.1, -0.05) is 60.1 Å². The maximum atomic E-state index is 6.07. The van der Waals surface area contributed by atoms with Crippen molar-refractivity contribution in [1.29, 1.82) is 0 Å². The van der Waals surface area contributed by atoms with Crippen molar-refractivity contribution in [2.75, 3.05) is 5.01 Å². The molecule has 0 aromatic heterocycles. The highest BCUT2D eigenvalue weighted by Gasteiger charge is 2.36. The number of hydrazone groups is 1. The summed E-state index contributed by atoms with van der Waals surface area (Å²) in [6.45, 7) is 0. The van der Waals surface area contributed by atoms with Crippen LogP contribution in [0.2, 0.25) is 5.02 Å². The molecular weight excluding hydrogens is 368 g/mol. The van der Waals surface area contributed by atoms with Crippen molar-refractivity contribution in [1.82, 2.24) is 4.90 Å². The van der Waals surface area contributed by atoms with Crippen molar-refractivity contribution < 1.29 is 0 Å². The zero-order valence-electron chi connectivity index (χ0n) is 15.0. The van der Waals surface area contributed by atoms with Crippen LogP contribution in [0, 0.1) is 0 Å². The van der Waals surface area contributed by atoms with E-state index in [1.807, 2.05) is 83.9 Å². The number of nitrogens with zero attached hydrogens (tertiary/aromatic N) is 4. The molecular formula is C23H17ClN4. The van der Waals surface area contributed by atoms with Crippen molar-refractivity contribution in [3.8, 4) is 0 Å². The fourth-order valence-electron chi connectivity index (χ4n) is 3.37. The quantitative estimate of drug-likeness (QED) is 0.627. The topological polar surface area (TPSA) is 31.2 Å². The lowest BCUT2D eigenvalue weighted by atomic mass is 10.1. The minimum atomic E-state index is -0.270. The Morgan fingerprint density at radius 2 is 1.43 bits per heavy atom. The molecule has 2 aliphatic heterocycles. The second-order valence-corrected chi connectivity index (χ2v) is 7.00. The van der Waals surface area contributed by atoms with E-state index < -0.39 is 0 Å². The molecule has 2 aliphatic rings. The molecule has 0 N–H and O–H groups in total. The minimum Gasteiger partial charge on any atom is -0.289 e. The van der Waals surface area contributed by atoms with Gasteiger partial charge in [-0.15, -0.1) is 5.10 Å². The van der Waals surface area contributed by atoms with E-state index in [4.69, 9.17) is 21.7 Å². The fourth-order valence-corrected chi connectivity index (χ4v) is 3.50. The molecule has 0 saturated carbocycles. The number of para-hydroxylation sites is 1. The van der Waals surface area contributed by atoms with E-state index in [2.05, 4.69) is 23.2 Å². The van der Waals surface area contributed by atoms with Crippen molar-refractivity contribution in [2.24, 2.45) is 10.1 Å². The molecule has 0 radical (unpaired) electrons. The number of fused-ring (bicyclic) bond motifs is 1. The molecule has 5 rings (SSSR count). The van der Waals surface area contributed by atoms with Crippen LogP contribution in [-0.4, -0.2) is 22.7 Å². The molecule has 0 aliphatic carbocycles. The van der Waals surface area contributed by atoms with E-state index in [9.17, 15) is 0 Å². The number of aliphatic imine (C=N–C) groups is 1. The summed E-state index contributed by atoms with van der Waals surface area (Å²) in [5.41, 5.74) is 4.02. The summed E-state index contributed by atoms with van der Waals surface area (Å²) in [5, 5.41) is 7.57. The molecule has 3 aromatic rings. The van der Waals surface area contributed by atoms with Crippen molar-refractivity contribution >= 4 is 28.8 Å². The summed E-state index contributed by atoms with van der Waals surface area (Å²) in [6.07, 6.45) is 3.82. The van der Waals surface area contributed by atoms with Gasteiger partial charge in [0.2, 0.25) is 6.29 Å². The van der Waals surface area contributed by atoms with Crippen LogP contribution < -0.4 is 5.01 Å². The first-order valence-electron chi connectivity index (χ1n) is 9.08. The maximum Gasteiger partial charge on any atom is 0.224 e. The number of allylic oxidation sites excluding steroid dienone is 1. The Kier molecular flexibility index (Phi) is 4.18. The molecule has 3 aromatic carbocycles. The van der Waals surface area contributed by atoms with E-state index >= 15 is 0 Å². The molecule has 5 heteroatoms. The van der Waals surface area contributed by atoms with Crippen LogP contribution in [0.25, 0.3) is 0 Å². The van der Waals surface area contributed by atoms with Crippen molar-refractivity contribution in [2.45, 2.75) is 6.29 Å². The van der Waals surface area contributed by atoms with Crippen LogP contribution >= 0.6 is 11.6 Å². The van der Waals surface area contributed by atoms with Gasteiger partial charge in [-0.25, -0.2) is 10.0 Å². The van der Waals surface area contributed by atoms with Gasteiger partial charge in [-0.2, -0.15) is 0 Å². The molecule has 0 fully saturated rings. The average Bonchev–Trinajstić information content (AvgIpc) is 3.14. The highest BCUT2D eigenvalue weighted by molar-refractivity contribution is 6.30. The van der Waals surface area contributed by atoms with E-state index in [1.165, 1.54) is 0 Å². The zero-order chi connectivity index (χ0) is 18.9. The van der Waals surface area contributed by atoms with E-state index in [1.54, 1.807) is 0 Å².